The average Bonchev–Trinajstić information content (AvgIpc) is 2.45. The normalized spacial score (nSPS) is 20.7. The number of hydrogen-bond acceptors (Lipinski definition) is 3. The fourth-order valence-corrected chi connectivity index (χ4v) is 3.34. The van der Waals surface area contributed by atoms with Gasteiger partial charge in [0.15, 0.2) is 5.78 Å². The Morgan fingerprint density at radius 3 is 2.35 bits per heavy atom. The Balaban J connectivity index is 1.82. The minimum absolute atomic E-state index is 0.0320. The van der Waals surface area contributed by atoms with Gasteiger partial charge in [-0.1, -0.05) is 58.9 Å². The molecule has 0 spiro atoms. The van der Waals surface area contributed by atoms with Crippen LogP contribution in [0.5, 0.6) is 0 Å². The van der Waals surface area contributed by atoms with E-state index in [-0.39, 0.29) is 16.6 Å². The van der Waals surface area contributed by atoms with Crippen LogP contribution in [0.4, 0.5) is 0 Å². The molecule has 0 unspecified atom stereocenters. The van der Waals surface area contributed by atoms with Crippen molar-refractivity contribution < 1.29 is 4.79 Å². The maximum atomic E-state index is 12.5. The number of Topliss-reactive ketones (excluding diaryl/α,β-unsaturated/α-hetero) is 1. The van der Waals surface area contributed by atoms with E-state index in [2.05, 4.69) is 69.4 Å². The van der Waals surface area contributed by atoms with Crippen molar-refractivity contribution in [3.05, 3.63) is 46.7 Å². The van der Waals surface area contributed by atoms with Crippen molar-refractivity contribution in [1.29, 1.82) is 0 Å². The molecule has 0 amide bonds. The molecule has 1 N–H and O–H groups in total. The molecule has 0 saturated heterocycles. The molecule has 1 aromatic rings. The molecule has 3 nitrogen and oxygen atoms in total. The van der Waals surface area contributed by atoms with Crippen LogP contribution in [0.15, 0.2) is 40.6 Å². The number of nitrogens with one attached hydrogen (secondary N) is 1. The van der Waals surface area contributed by atoms with Crippen molar-refractivity contribution in [2.75, 3.05) is 0 Å². The monoisotopic (exact) mass is 310 g/mol. The van der Waals surface area contributed by atoms with Gasteiger partial charge < -0.3 is 0 Å². The molecule has 0 aromatic heterocycles. The highest BCUT2D eigenvalue weighted by Gasteiger charge is 2.35. The summed E-state index contributed by atoms with van der Waals surface area (Å²) in [5, 5.41) is 4.53. The van der Waals surface area contributed by atoms with Gasteiger partial charge in [-0.3, -0.25) is 10.2 Å². The molecular formula is C20H26N2O. The Morgan fingerprint density at radius 2 is 1.74 bits per heavy atom. The van der Waals surface area contributed by atoms with Crippen molar-refractivity contribution >= 4 is 11.5 Å². The summed E-state index contributed by atoms with van der Waals surface area (Å²) in [7, 11) is 0. The number of allylic oxidation sites excluding steroid dienone is 2. The van der Waals surface area contributed by atoms with Gasteiger partial charge in [-0.05, 0) is 28.4 Å². The Hall–Kier alpha value is -1.90. The summed E-state index contributed by atoms with van der Waals surface area (Å²) in [6.07, 6.45) is 2.17. The van der Waals surface area contributed by atoms with Gasteiger partial charge in [-0.15, -0.1) is 0 Å². The summed E-state index contributed by atoms with van der Waals surface area (Å²) in [5.74, 6) is 0.266. The summed E-state index contributed by atoms with van der Waals surface area (Å²) in [6, 6.07) is 8.55. The first-order chi connectivity index (χ1) is 10.7. The predicted molar refractivity (Wildman–Crippen MR) is 94.5 cm³/mol. The Morgan fingerprint density at radius 1 is 1.09 bits per heavy atom. The van der Waals surface area contributed by atoms with Crippen molar-refractivity contribution in [2.24, 2.45) is 10.5 Å². The molecule has 0 bridgehead atoms. The first kappa shape index (κ1) is 16.0. The van der Waals surface area contributed by atoms with Crippen molar-refractivity contribution in [2.45, 2.75) is 59.3 Å². The van der Waals surface area contributed by atoms with E-state index >= 15 is 0 Å². The van der Waals surface area contributed by atoms with Gasteiger partial charge in [0.05, 0.1) is 5.71 Å². The highest BCUT2D eigenvalue weighted by Crippen LogP contribution is 2.38. The van der Waals surface area contributed by atoms with E-state index in [1.54, 1.807) is 0 Å². The summed E-state index contributed by atoms with van der Waals surface area (Å²) >= 11 is 0. The number of carbonyl (C=O) groups is 1. The lowest BCUT2D eigenvalue weighted by Crippen LogP contribution is -2.33. The SMILES string of the molecule is CC1(C)CC(=O)C2=C(C1)NN=C(c1ccc(C(C)(C)C)cc1)C2. The molecule has 1 aromatic carbocycles. The minimum Gasteiger partial charge on any atom is -0.294 e. The van der Waals surface area contributed by atoms with Gasteiger partial charge in [0, 0.05) is 24.1 Å². The molecule has 3 rings (SSSR count). The third kappa shape index (κ3) is 3.24. The van der Waals surface area contributed by atoms with Crippen LogP contribution < -0.4 is 5.43 Å². The van der Waals surface area contributed by atoms with Crippen molar-refractivity contribution in [3.63, 3.8) is 0 Å². The van der Waals surface area contributed by atoms with Gasteiger partial charge in [0.2, 0.25) is 0 Å². The molecule has 0 atom stereocenters. The minimum atomic E-state index is 0.0320. The van der Waals surface area contributed by atoms with E-state index in [0.717, 1.165) is 29.0 Å². The van der Waals surface area contributed by atoms with Crippen LogP contribution in [0.25, 0.3) is 0 Å². The molecule has 0 fully saturated rings. The number of nitrogens with zero attached hydrogens (tertiary/aromatic N) is 1. The highest BCUT2D eigenvalue weighted by atomic mass is 16.1. The van der Waals surface area contributed by atoms with Crippen LogP contribution >= 0.6 is 0 Å². The van der Waals surface area contributed by atoms with E-state index < -0.39 is 0 Å². The summed E-state index contributed by atoms with van der Waals surface area (Å²) in [4.78, 5) is 12.5. The van der Waals surface area contributed by atoms with Crippen LogP contribution in [-0.2, 0) is 10.2 Å². The molecule has 2 aliphatic rings. The van der Waals surface area contributed by atoms with E-state index in [9.17, 15) is 4.79 Å². The van der Waals surface area contributed by atoms with Crippen LogP contribution in [0.3, 0.4) is 0 Å². The zero-order valence-electron chi connectivity index (χ0n) is 14.8. The number of ketones is 1. The number of carbonyl (C=O) groups excluding carboxylic acids is 1. The van der Waals surface area contributed by atoms with Crippen LogP contribution in [0.2, 0.25) is 0 Å². The molecule has 3 heteroatoms. The zero-order chi connectivity index (χ0) is 16.8. The standard InChI is InChI=1S/C20H26N2O/c1-19(2,3)14-8-6-13(7-9-14)16-10-15-17(22-21-16)11-20(4,5)12-18(15)23/h6-9,22H,10-12H2,1-5H3. The lowest BCUT2D eigenvalue weighted by Gasteiger charge is -2.34. The summed E-state index contributed by atoms with van der Waals surface area (Å²) in [6.45, 7) is 10.9. The van der Waals surface area contributed by atoms with Crippen LogP contribution in [0.1, 0.15) is 65.0 Å². The second-order valence-electron chi connectivity index (χ2n) is 8.57. The Bertz CT molecular complexity index is 700. The lowest BCUT2D eigenvalue weighted by atomic mass is 9.74. The molecule has 0 radical (unpaired) electrons. The second-order valence-corrected chi connectivity index (χ2v) is 8.57. The third-order valence-corrected chi connectivity index (χ3v) is 4.75. The van der Waals surface area contributed by atoms with Gasteiger partial charge >= 0.3 is 0 Å². The van der Waals surface area contributed by atoms with Crippen LogP contribution in [0, 0.1) is 5.41 Å². The second kappa shape index (κ2) is 5.33. The van der Waals surface area contributed by atoms with Gasteiger partial charge in [0.1, 0.15) is 0 Å². The first-order valence-electron chi connectivity index (χ1n) is 8.34. The average molecular weight is 310 g/mol. The lowest BCUT2D eigenvalue weighted by molar-refractivity contribution is -0.118. The fourth-order valence-electron chi connectivity index (χ4n) is 3.34. The van der Waals surface area contributed by atoms with Gasteiger partial charge in [0.25, 0.3) is 0 Å². The maximum Gasteiger partial charge on any atom is 0.161 e. The maximum absolute atomic E-state index is 12.5. The number of hydrazone groups is 1. The summed E-state index contributed by atoms with van der Waals surface area (Å²) < 4.78 is 0. The fraction of sp³-hybridized carbons (Fsp3) is 0.500. The molecule has 1 aliphatic heterocycles. The zero-order valence-corrected chi connectivity index (χ0v) is 14.8. The van der Waals surface area contributed by atoms with E-state index in [1.165, 1.54) is 5.56 Å². The molecule has 23 heavy (non-hydrogen) atoms. The molecule has 1 aliphatic carbocycles. The van der Waals surface area contributed by atoms with Gasteiger partial charge in [-0.25, -0.2) is 0 Å². The highest BCUT2D eigenvalue weighted by molar-refractivity contribution is 6.09. The van der Waals surface area contributed by atoms with E-state index in [0.29, 0.717) is 12.8 Å². The molecule has 122 valence electrons. The molecular weight excluding hydrogens is 284 g/mol. The smallest absolute Gasteiger partial charge is 0.161 e. The largest absolute Gasteiger partial charge is 0.294 e. The van der Waals surface area contributed by atoms with E-state index in [1.807, 2.05) is 0 Å². The third-order valence-electron chi connectivity index (χ3n) is 4.75. The van der Waals surface area contributed by atoms with Crippen molar-refractivity contribution in [3.8, 4) is 0 Å². The first-order valence-corrected chi connectivity index (χ1v) is 8.34. The topological polar surface area (TPSA) is 41.5 Å². The van der Waals surface area contributed by atoms with E-state index in [4.69, 9.17) is 0 Å². The molecule has 0 saturated carbocycles. The van der Waals surface area contributed by atoms with Crippen molar-refractivity contribution in [1.82, 2.24) is 5.43 Å². The predicted octanol–water partition coefficient (Wildman–Crippen LogP) is 4.32. The Kier molecular flexibility index (Phi) is 3.70. The molecule has 1 heterocycles. The number of hydrogen-bond donors (Lipinski definition) is 1. The Labute approximate surface area is 138 Å². The summed E-state index contributed by atoms with van der Waals surface area (Å²) in [5.41, 5.74) is 8.62. The number of benzene rings is 1. The van der Waals surface area contributed by atoms with Gasteiger partial charge in [-0.2, -0.15) is 5.10 Å². The van der Waals surface area contributed by atoms with Crippen LogP contribution in [-0.4, -0.2) is 11.5 Å². The number of rotatable bonds is 1. The quantitative estimate of drug-likeness (QED) is 0.839.